The maximum atomic E-state index is 11.1. The molecule has 0 aromatic carbocycles. The van der Waals surface area contributed by atoms with Gasteiger partial charge < -0.3 is 10.4 Å². The van der Waals surface area contributed by atoms with Gasteiger partial charge in [0.05, 0.1) is 6.10 Å². The van der Waals surface area contributed by atoms with E-state index >= 15 is 0 Å². The van der Waals surface area contributed by atoms with Gasteiger partial charge in [0.1, 0.15) is 0 Å². The van der Waals surface area contributed by atoms with E-state index in [1.165, 1.54) is 0 Å². The van der Waals surface area contributed by atoms with Crippen molar-refractivity contribution >= 4 is 5.91 Å². The second-order valence-electron chi connectivity index (χ2n) is 3.87. The van der Waals surface area contributed by atoms with Crippen molar-refractivity contribution < 1.29 is 9.90 Å². The predicted molar refractivity (Wildman–Crippen MR) is 51.2 cm³/mol. The van der Waals surface area contributed by atoms with Gasteiger partial charge in [0.25, 0.3) is 0 Å². The van der Waals surface area contributed by atoms with Crippen LogP contribution in [0.15, 0.2) is 11.6 Å². The molecule has 0 aromatic heterocycles. The zero-order valence-corrected chi connectivity index (χ0v) is 8.21. The van der Waals surface area contributed by atoms with E-state index in [0.29, 0.717) is 12.5 Å². The van der Waals surface area contributed by atoms with Crippen LogP contribution < -0.4 is 5.32 Å². The van der Waals surface area contributed by atoms with Gasteiger partial charge in [-0.1, -0.05) is 5.57 Å². The summed E-state index contributed by atoms with van der Waals surface area (Å²) in [4.78, 5) is 11.1. The van der Waals surface area contributed by atoms with E-state index in [2.05, 4.69) is 5.32 Å². The standard InChI is InChI=1S/C10H17NO2/c1-7(2)5-10(13)11-6-9(12)8-3-4-8/h5,8-9,12H,3-4,6H2,1-2H3,(H,11,13). The van der Waals surface area contributed by atoms with Gasteiger partial charge in [0, 0.05) is 12.6 Å². The Labute approximate surface area is 78.8 Å². The molecular formula is C10H17NO2. The number of carbonyl (C=O) groups is 1. The lowest BCUT2D eigenvalue weighted by Gasteiger charge is -2.08. The number of hydrogen-bond acceptors (Lipinski definition) is 2. The summed E-state index contributed by atoms with van der Waals surface area (Å²) in [7, 11) is 0. The molecular weight excluding hydrogens is 166 g/mol. The number of allylic oxidation sites excluding steroid dienone is 1. The summed E-state index contributed by atoms with van der Waals surface area (Å²) in [6.07, 6.45) is 3.38. The molecule has 0 bridgehead atoms. The van der Waals surface area contributed by atoms with Gasteiger partial charge in [-0.2, -0.15) is 0 Å². The first-order chi connectivity index (χ1) is 6.09. The molecule has 0 spiro atoms. The first kappa shape index (κ1) is 10.3. The first-order valence-electron chi connectivity index (χ1n) is 4.70. The van der Waals surface area contributed by atoms with Crippen molar-refractivity contribution in [1.82, 2.24) is 5.32 Å². The summed E-state index contributed by atoms with van der Waals surface area (Å²) in [6.45, 7) is 4.13. The van der Waals surface area contributed by atoms with E-state index < -0.39 is 0 Å². The molecule has 3 nitrogen and oxygen atoms in total. The minimum absolute atomic E-state index is 0.111. The fraction of sp³-hybridized carbons (Fsp3) is 0.700. The molecule has 1 unspecified atom stereocenters. The quantitative estimate of drug-likeness (QED) is 0.634. The summed E-state index contributed by atoms with van der Waals surface area (Å²) < 4.78 is 0. The number of aliphatic hydroxyl groups excluding tert-OH is 1. The minimum Gasteiger partial charge on any atom is -0.391 e. The molecule has 1 saturated carbocycles. The zero-order chi connectivity index (χ0) is 9.84. The van der Waals surface area contributed by atoms with Crippen LogP contribution in [0.1, 0.15) is 26.7 Å². The van der Waals surface area contributed by atoms with Gasteiger partial charge >= 0.3 is 0 Å². The van der Waals surface area contributed by atoms with E-state index in [9.17, 15) is 9.90 Å². The van der Waals surface area contributed by atoms with Gasteiger partial charge in [-0.15, -0.1) is 0 Å². The highest BCUT2D eigenvalue weighted by molar-refractivity contribution is 5.88. The van der Waals surface area contributed by atoms with Crippen molar-refractivity contribution in [1.29, 1.82) is 0 Å². The highest BCUT2D eigenvalue weighted by Gasteiger charge is 2.29. The lowest BCUT2D eigenvalue weighted by molar-refractivity contribution is -0.117. The maximum Gasteiger partial charge on any atom is 0.244 e. The topological polar surface area (TPSA) is 49.3 Å². The molecule has 1 fully saturated rings. The van der Waals surface area contributed by atoms with Crippen molar-refractivity contribution in [2.45, 2.75) is 32.8 Å². The van der Waals surface area contributed by atoms with Crippen LogP contribution in [0.25, 0.3) is 0 Å². The maximum absolute atomic E-state index is 11.1. The Balaban J connectivity index is 2.17. The van der Waals surface area contributed by atoms with Gasteiger partial charge in [-0.3, -0.25) is 4.79 Å². The third-order valence-electron chi connectivity index (χ3n) is 2.07. The summed E-state index contributed by atoms with van der Waals surface area (Å²) in [6, 6.07) is 0. The molecule has 1 atom stereocenters. The van der Waals surface area contributed by atoms with Crippen molar-refractivity contribution in [3.63, 3.8) is 0 Å². The smallest absolute Gasteiger partial charge is 0.244 e. The molecule has 2 N–H and O–H groups in total. The fourth-order valence-electron chi connectivity index (χ4n) is 1.17. The van der Waals surface area contributed by atoms with Gasteiger partial charge in [-0.25, -0.2) is 0 Å². The summed E-state index contributed by atoms with van der Waals surface area (Å²) in [5, 5.41) is 12.1. The average Bonchev–Trinajstić information content (AvgIpc) is 2.80. The lowest BCUT2D eigenvalue weighted by atomic mass is 10.2. The van der Waals surface area contributed by atoms with Crippen molar-refractivity contribution in [2.24, 2.45) is 5.92 Å². The molecule has 0 radical (unpaired) electrons. The van der Waals surface area contributed by atoms with Gasteiger partial charge in [0.15, 0.2) is 0 Å². The van der Waals surface area contributed by atoms with Crippen LogP contribution in [0, 0.1) is 5.92 Å². The van der Waals surface area contributed by atoms with Gasteiger partial charge in [0.2, 0.25) is 5.91 Å². The van der Waals surface area contributed by atoms with Crippen LogP contribution in [0.4, 0.5) is 0 Å². The summed E-state index contributed by atoms with van der Waals surface area (Å²) in [5.41, 5.74) is 0.971. The Kier molecular flexibility index (Phi) is 3.48. The van der Waals surface area contributed by atoms with Crippen molar-refractivity contribution in [3.05, 3.63) is 11.6 Å². The molecule has 3 heteroatoms. The van der Waals surface area contributed by atoms with E-state index in [0.717, 1.165) is 18.4 Å². The number of nitrogens with one attached hydrogen (secondary N) is 1. The molecule has 1 aliphatic carbocycles. The number of hydrogen-bond donors (Lipinski definition) is 2. The monoisotopic (exact) mass is 183 g/mol. The molecule has 74 valence electrons. The molecule has 0 aromatic rings. The summed E-state index contributed by atoms with van der Waals surface area (Å²) in [5.74, 6) is 0.312. The first-order valence-corrected chi connectivity index (χ1v) is 4.70. The Morgan fingerprint density at radius 3 is 2.69 bits per heavy atom. The Morgan fingerprint density at radius 2 is 2.23 bits per heavy atom. The number of aliphatic hydroxyl groups is 1. The third kappa shape index (κ3) is 4.08. The normalized spacial score (nSPS) is 17.8. The van der Waals surface area contributed by atoms with Crippen LogP contribution in [0.2, 0.25) is 0 Å². The second-order valence-corrected chi connectivity index (χ2v) is 3.87. The van der Waals surface area contributed by atoms with Gasteiger partial charge in [-0.05, 0) is 32.6 Å². The molecule has 1 rings (SSSR count). The number of rotatable bonds is 4. The van der Waals surface area contributed by atoms with E-state index in [1.54, 1.807) is 6.08 Å². The zero-order valence-electron chi connectivity index (χ0n) is 8.21. The van der Waals surface area contributed by atoms with E-state index in [-0.39, 0.29) is 12.0 Å². The highest BCUT2D eigenvalue weighted by Crippen LogP contribution is 2.32. The predicted octanol–water partition coefficient (Wildman–Crippen LogP) is 0.840. The average molecular weight is 183 g/mol. The van der Waals surface area contributed by atoms with E-state index in [4.69, 9.17) is 0 Å². The minimum atomic E-state index is -0.352. The number of carbonyl (C=O) groups excluding carboxylic acids is 1. The Bertz CT molecular complexity index is 215. The third-order valence-corrected chi connectivity index (χ3v) is 2.07. The largest absolute Gasteiger partial charge is 0.391 e. The fourth-order valence-corrected chi connectivity index (χ4v) is 1.17. The molecule has 1 aliphatic rings. The molecule has 0 heterocycles. The van der Waals surface area contributed by atoms with Crippen LogP contribution in [-0.2, 0) is 4.79 Å². The lowest BCUT2D eigenvalue weighted by Crippen LogP contribution is -2.32. The molecule has 0 aliphatic heterocycles. The van der Waals surface area contributed by atoms with Crippen molar-refractivity contribution in [2.75, 3.05) is 6.54 Å². The highest BCUT2D eigenvalue weighted by atomic mass is 16.3. The SMILES string of the molecule is CC(C)=CC(=O)NCC(O)C1CC1. The Hall–Kier alpha value is -0.830. The van der Waals surface area contributed by atoms with Crippen LogP contribution in [-0.4, -0.2) is 23.7 Å². The molecule has 0 saturated heterocycles. The second kappa shape index (κ2) is 4.42. The van der Waals surface area contributed by atoms with E-state index in [1.807, 2.05) is 13.8 Å². The molecule has 1 amide bonds. The van der Waals surface area contributed by atoms with Crippen LogP contribution in [0.3, 0.4) is 0 Å². The molecule has 13 heavy (non-hydrogen) atoms. The van der Waals surface area contributed by atoms with Crippen molar-refractivity contribution in [3.8, 4) is 0 Å². The number of amides is 1. The summed E-state index contributed by atoms with van der Waals surface area (Å²) >= 11 is 0. The Morgan fingerprint density at radius 1 is 1.62 bits per heavy atom. The van der Waals surface area contributed by atoms with Crippen LogP contribution >= 0.6 is 0 Å². The van der Waals surface area contributed by atoms with Crippen LogP contribution in [0.5, 0.6) is 0 Å².